The second-order valence-electron chi connectivity index (χ2n) is 6.71. The Morgan fingerprint density at radius 3 is 2.33 bits per heavy atom. The molecule has 3 rings (SSSR count). The van der Waals surface area contributed by atoms with Crippen molar-refractivity contribution in [3.8, 4) is 0 Å². The first-order valence-electron chi connectivity index (χ1n) is 8.63. The van der Waals surface area contributed by atoms with E-state index in [2.05, 4.69) is 20.8 Å². The number of hydrogen-bond donors (Lipinski definition) is 2. The van der Waals surface area contributed by atoms with Crippen LogP contribution in [0.15, 0.2) is 12.1 Å². The zero-order chi connectivity index (χ0) is 17.0. The molecule has 24 heavy (non-hydrogen) atoms. The molecule has 0 spiro atoms. The molecular weight excluding hydrogens is 328 g/mol. The van der Waals surface area contributed by atoms with Gasteiger partial charge in [0.05, 0.1) is 11.5 Å². The molecule has 1 aliphatic carbocycles. The van der Waals surface area contributed by atoms with Crippen LogP contribution in [-0.2, 0) is 9.84 Å². The van der Waals surface area contributed by atoms with Crippen LogP contribution in [-0.4, -0.2) is 48.1 Å². The Balaban J connectivity index is 1.54. The van der Waals surface area contributed by atoms with Crippen LogP contribution in [0.3, 0.4) is 0 Å². The fraction of sp³-hybridized carbons (Fsp3) is 0.688. The summed E-state index contributed by atoms with van der Waals surface area (Å²) in [5.74, 6) is 0.644. The molecule has 0 aromatic carbocycles. The van der Waals surface area contributed by atoms with Gasteiger partial charge in [0.2, 0.25) is 0 Å². The summed E-state index contributed by atoms with van der Waals surface area (Å²) in [6.07, 6.45) is 7.41. The second-order valence-corrected chi connectivity index (χ2v) is 8.94. The molecule has 1 saturated carbocycles. The molecule has 1 unspecified atom stereocenters. The van der Waals surface area contributed by atoms with Crippen molar-refractivity contribution in [2.45, 2.75) is 57.0 Å². The van der Waals surface area contributed by atoms with Crippen LogP contribution >= 0.6 is 0 Å². The van der Waals surface area contributed by atoms with Gasteiger partial charge >= 0.3 is 0 Å². The number of aromatic nitrogens is 2. The van der Waals surface area contributed by atoms with Crippen molar-refractivity contribution in [1.29, 1.82) is 0 Å². The van der Waals surface area contributed by atoms with Crippen molar-refractivity contribution in [2.24, 2.45) is 0 Å². The summed E-state index contributed by atoms with van der Waals surface area (Å²) in [5.41, 5.74) is 0.295. The first-order chi connectivity index (χ1) is 11.5. The van der Waals surface area contributed by atoms with Gasteiger partial charge in [-0.3, -0.25) is 4.79 Å². The van der Waals surface area contributed by atoms with Crippen LogP contribution in [0, 0.1) is 0 Å². The lowest BCUT2D eigenvalue weighted by Crippen LogP contribution is -2.35. The molecule has 1 atom stereocenters. The van der Waals surface area contributed by atoms with Crippen LogP contribution in [0.2, 0.25) is 0 Å². The molecule has 2 aliphatic rings. The maximum absolute atomic E-state index is 12.3. The molecule has 2 heterocycles. The number of nitrogens with one attached hydrogen (secondary N) is 2. The van der Waals surface area contributed by atoms with E-state index in [-0.39, 0.29) is 29.5 Å². The molecule has 1 aliphatic heterocycles. The standard InChI is InChI=1S/C16H24N4O3S/c21-16(18-12-5-3-1-2-4-6-12)14-7-8-15(20-19-14)17-13-9-10-24(22,23)11-13/h7-8,12-13H,1-6,9-11H2,(H,17,20)(H,18,21). The molecule has 1 aromatic rings. The zero-order valence-electron chi connectivity index (χ0n) is 13.7. The maximum atomic E-state index is 12.3. The Hall–Kier alpha value is -1.70. The molecule has 0 bridgehead atoms. The van der Waals surface area contributed by atoms with Crippen molar-refractivity contribution in [1.82, 2.24) is 15.5 Å². The normalized spacial score (nSPS) is 24.2. The van der Waals surface area contributed by atoms with Gasteiger partial charge < -0.3 is 10.6 Å². The Labute approximate surface area is 142 Å². The van der Waals surface area contributed by atoms with Crippen LogP contribution in [0.4, 0.5) is 5.82 Å². The van der Waals surface area contributed by atoms with Gasteiger partial charge in [-0.1, -0.05) is 25.7 Å². The van der Waals surface area contributed by atoms with Crippen molar-refractivity contribution >= 4 is 21.6 Å². The van der Waals surface area contributed by atoms with Gasteiger partial charge in [0.1, 0.15) is 5.82 Å². The van der Waals surface area contributed by atoms with Gasteiger partial charge in [0.25, 0.3) is 5.91 Å². The number of hydrogen-bond acceptors (Lipinski definition) is 6. The fourth-order valence-electron chi connectivity index (χ4n) is 3.33. The molecule has 1 amide bonds. The molecule has 2 fully saturated rings. The van der Waals surface area contributed by atoms with Crippen molar-refractivity contribution in [3.05, 3.63) is 17.8 Å². The molecule has 0 radical (unpaired) electrons. The lowest BCUT2D eigenvalue weighted by Gasteiger charge is -2.16. The lowest BCUT2D eigenvalue weighted by molar-refractivity contribution is 0.0927. The molecule has 7 nitrogen and oxygen atoms in total. The Morgan fingerprint density at radius 1 is 1.00 bits per heavy atom. The van der Waals surface area contributed by atoms with Gasteiger partial charge in [-0.2, -0.15) is 0 Å². The van der Waals surface area contributed by atoms with Crippen LogP contribution in [0.1, 0.15) is 55.4 Å². The summed E-state index contributed by atoms with van der Waals surface area (Å²) in [4.78, 5) is 12.3. The molecule has 132 valence electrons. The minimum atomic E-state index is -2.93. The van der Waals surface area contributed by atoms with Crippen molar-refractivity contribution in [2.75, 3.05) is 16.8 Å². The number of anilines is 1. The number of amides is 1. The molecule has 8 heteroatoms. The van der Waals surface area contributed by atoms with Crippen molar-refractivity contribution in [3.63, 3.8) is 0 Å². The average molecular weight is 352 g/mol. The molecule has 1 aromatic heterocycles. The second kappa shape index (κ2) is 7.46. The van der Waals surface area contributed by atoms with E-state index < -0.39 is 9.84 Å². The molecule has 1 saturated heterocycles. The summed E-state index contributed by atoms with van der Waals surface area (Å²) >= 11 is 0. The van der Waals surface area contributed by atoms with Gasteiger partial charge in [-0.25, -0.2) is 8.42 Å². The highest BCUT2D eigenvalue weighted by Crippen LogP contribution is 2.18. The van der Waals surface area contributed by atoms with Crippen molar-refractivity contribution < 1.29 is 13.2 Å². The Morgan fingerprint density at radius 2 is 1.75 bits per heavy atom. The monoisotopic (exact) mass is 352 g/mol. The SMILES string of the molecule is O=C(NC1CCCCCC1)c1ccc(NC2CCS(=O)(=O)C2)nn1. The Kier molecular flexibility index (Phi) is 5.33. The van der Waals surface area contributed by atoms with E-state index >= 15 is 0 Å². The van der Waals surface area contributed by atoms with E-state index in [0.717, 1.165) is 25.7 Å². The van der Waals surface area contributed by atoms with E-state index in [9.17, 15) is 13.2 Å². The summed E-state index contributed by atoms with van der Waals surface area (Å²) < 4.78 is 22.9. The van der Waals surface area contributed by atoms with Gasteiger partial charge in [0, 0.05) is 12.1 Å². The van der Waals surface area contributed by atoms with E-state index in [0.29, 0.717) is 17.9 Å². The maximum Gasteiger partial charge on any atom is 0.272 e. The third-order valence-corrected chi connectivity index (χ3v) is 6.44. The third kappa shape index (κ3) is 4.66. The molecular formula is C16H24N4O3S. The van der Waals surface area contributed by atoms with E-state index in [1.807, 2.05) is 0 Å². The quantitative estimate of drug-likeness (QED) is 0.797. The van der Waals surface area contributed by atoms with E-state index in [1.165, 1.54) is 12.8 Å². The first-order valence-corrected chi connectivity index (χ1v) is 10.5. The Bertz CT molecular complexity index is 667. The van der Waals surface area contributed by atoms with Crippen LogP contribution in [0.25, 0.3) is 0 Å². The highest BCUT2D eigenvalue weighted by molar-refractivity contribution is 7.91. The summed E-state index contributed by atoms with van der Waals surface area (Å²) in [5, 5.41) is 14.1. The number of carbonyl (C=O) groups excluding carboxylic acids is 1. The highest BCUT2D eigenvalue weighted by atomic mass is 32.2. The van der Waals surface area contributed by atoms with E-state index in [1.54, 1.807) is 12.1 Å². The fourth-order valence-corrected chi connectivity index (χ4v) is 5.00. The largest absolute Gasteiger partial charge is 0.365 e. The summed E-state index contributed by atoms with van der Waals surface area (Å²) in [6, 6.07) is 3.41. The predicted molar refractivity (Wildman–Crippen MR) is 91.7 cm³/mol. The summed E-state index contributed by atoms with van der Waals surface area (Å²) in [6.45, 7) is 0. The summed E-state index contributed by atoms with van der Waals surface area (Å²) in [7, 11) is -2.93. The highest BCUT2D eigenvalue weighted by Gasteiger charge is 2.28. The van der Waals surface area contributed by atoms with Gasteiger partial charge in [0.15, 0.2) is 15.5 Å². The zero-order valence-corrected chi connectivity index (χ0v) is 14.5. The van der Waals surface area contributed by atoms with E-state index in [4.69, 9.17) is 0 Å². The van der Waals surface area contributed by atoms with Crippen LogP contribution in [0.5, 0.6) is 0 Å². The third-order valence-electron chi connectivity index (χ3n) is 4.67. The first kappa shape index (κ1) is 17.1. The van der Waals surface area contributed by atoms with Gasteiger partial charge in [-0.05, 0) is 31.4 Å². The molecule has 2 N–H and O–H groups in total. The number of sulfone groups is 1. The minimum absolute atomic E-state index is 0.124. The van der Waals surface area contributed by atoms with Crippen LogP contribution < -0.4 is 10.6 Å². The minimum Gasteiger partial charge on any atom is -0.365 e. The number of nitrogens with zero attached hydrogens (tertiary/aromatic N) is 2. The lowest BCUT2D eigenvalue weighted by atomic mass is 10.1. The van der Waals surface area contributed by atoms with Gasteiger partial charge in [-0.15, -0.1) is 10.2 Å². The average Bonchev–Trinajstić information content (AvgIpc) is 2.75. The number of carbonyl (C=O) groups is 1. The smallest absolute Gasteiger partial charge is 0.272 e. The topological polar surface area (TPSA) is 101 Å². The number of rotatable bonds is 4. The predicted octanol–water partition coefficient (Wildman–Crippen LogP) is 1.53.